The molecule has 0 radical (unpaired) electrons. The van der Waals surface area contributed by atoms with E-state index in [9.17, 15) is 5.11 Å². The molecule has 4 rings (SSSR count). The van der Waals surface area contributed by atoms with Crippen LogP contribution in [0.15, 0.2) is 91.0 Å². The van der Waals surface area contributed by atoms with Gasteiger partial charge in [0.15, 0.2) is 0 Å². The lowest BCUT2D eigenvalue weighted by Gasteiger charge is -2.47. The smallest absolute Gasteiger partial charge is 0.0917 e. The molecule has 2 atom stereocenters. The molecule has 3 heteroatoms. The Kier molecular flexibility index (Phi) is 6.10. The van der Waals surface area contributed by atoms with Gasteiger partial charge in [-0.25, -0.2) is 0 Å². The number of benzene rings is 3. The lowest BCUT2D eigenvalue weighted by atomic mass is 9.74. The van der Waals surface area contributed by atoms with Crippen LogP contribution < -0.4 is 5.73 Å². The molecule has 0 unspecified atom stereocenters. The Bertz CT molecular complexity index is 843. The second kappa shape index (κ2) is 8.91. The number of aliphatic hydroxyl groups is 1. The van der Waals surface area contributed by atoms with Crippen LogP contribution in [-0.4, -0.2) is 29.1 Å². The van der Waals surface area contributed by atoms with Crippen molar-refractivity contribution in [3.05, 3.63) is 108 Å². The molecule has 0 saturated carbocycles. The molecule has 3 aromatic carbocycles. The molecule has 0 spiro atoms. The van der Waals surface area contributed by atoms with Crippen molar-refractivity contribution in [3.8, 4) is 0 Å². The minimum atomic E-state index is -0.626. The monoisotopic (exact) mass is 386 g/mol. The van der Waals surface area contributed by atoms with Crippen molar-refractivity contribution in [1.29, 1.82) is 0 Å². The first kappa shape index (κ1) is 19.8. The third-order valence-corrected chi connectivity index (χ3v) is 6.23. The number of nitrogens with zero attached hydrogens (tertiary/aromatic N) is 1. The molecule has 1 heterocycles. The van der Waals surface area contributed by atoms with Crippen LogP contribution in [0.3, 0.4) is 0 Å². The van der Waals surface area contributed by atoms with E-state index >= 15 is 0 Å². The van der Waals surface area contributed by atoms with Gasteiger partial charge in [-0.15, -0.1) is 0 Å². The first-order chi connectivity index (χ1) is 14.2. The largest absolute Gasteiger partial charge is 0.387 e. The van der Waals surface area contributed by atoms with E-state index in [1.54, 1.807) is 0 Å². The molecule has 3 nitrogen and oxygen atoms in total. The molecule has 0 amide bonds. The molecule has 150 valence electrons. The molecule has 1 aliphatic heterocycles. The van der Waals surface area contributed by atoms with Crippen molar-refractivity contribution in [2.24, 2.45) is 5.73 Å². The third-order valence-electron chi connectivity index (χ3n) is 6.23. The summed E-state index contributed by atoms with van der Waals surface area (Å²) >= 11 is 0. The lowest BCUT2D eigenvalue weighted by molar-refractivity contribution is 0.0412. The standard InChI is InChI=1S/C26H30N2O/c27-26(22-14-6-2-7-15-22,23-16-8-3-9-17-23)25-18-10-11-19-28(25)20-24(29)21-12-4-1-5-13-21/h1-9,12-17,24-25,29H,10-11,18-20,27H2/t24-,25-/m0/s1. The van der Waals surface area contributed by atoms with Crippen molar-refractivity contribution in [2.45, 2.75) is 36.9 Å². The molecule has 0 bridgehead atoms. The highest BCUT2D eigenvalue weighted by atomic mass is 16.3. The van der Waals surface area contributed by atoms with Crippen LogP contribution in [-0.2, 0) is 5.54 Å². The molecule has 1 aliphatic rings. The van der Waals surface area contributed by atoms with Gasteiger partial charge in [0.05, 0.1) is 11.6 Å². The fraction of sp³-hybridized carbons (Fsp3) is 0.308. The minimum Gasteiger partial charge on any atom is -0.387 e. The van der Waals surface area contributed by atoms with Crippen LogP contribution in [0.4, 0.5) is 0 Å². The van der Waals surface area contributed by atoms with E-state index < -0.39 is 11.6 Å². The summed E-state index contributed by atoms with van der Waals surface area (Å²) in [4.78, 5) is 2.40. The van der Waals surface area contributed by atoms with Crippen LogP contribution in [0.1, 0.15) is 42.1 Å². The van der Waals surface area contributed by atoms with Crippen LogP contribution in [0.2, 0.25) is 0 Å². The molecule has 0 aromatic heterocycles. The van der Waals surface area contributed by atoms with Gasteiger partial charge in [0.25, 0.3) is 0 Å². The number of likely N-dealkylation sites (tertiary alicyclic amines) is 1. The van der Waals surface area contributed by atoms with Gasteiger partial charge in [0.2, 0.25) is 0 Å². The van der Waals surface area contributed by atoms with Gasteiger partial charge in [-0.3, -0.25) is 4.90 Å². The van der Waals surface area contributed by atoms with Gasteiger partial charge >= 0.3 is 0 Å². The molecule has 1 fully saturated rings. The average Bonchev–Trinajstić information content (AvgIpc) is 2.80. The zero-order chi connectivity index (χ0) is 20.1. The Labute approximate surface area is 173 Å². The number of aliphatic hydroxyl groups excluding tert-OH is 1. The van der Waals surface area contributed by atoms with Gasteiger partial charge in [-0.1, -0.05) is 97.4 Å². The third kappa shape index (κ3) is 4.13. The first-order valence-corrected chi connectivity index (χ1v) is 10.6. The number of rotatable bonds is 6. The SMILES string of the molecule is NC(c1ccccc1)(c1ccccc1)[C@@H]1CCCCN1C[C@H](O)c1ccccc1. The fourth-order valence-electron chi connectivity index (χ4n) is 4.71. The molecule has 29 heavy (non-hydrogen) atoms. The number of β-amino-alcohol motifs (C(OH)–C–C–N with tert-alkyl or cyclic N) is 1. The van der Waals surface area contributed by atoms with Gasteiger partial charge in [0, 0.05) is 12.6 Å². The molecular weight excluding hydrogens is 356 g/mol. The van der Waals surface area contributed by atoms with Crippen molar-refractivity contribution < 1.29 is 5.11 Å². The van der Waals surface area contributed by atoms with E-state index in [1.807, 2.05) is 42.5 Å². The number of piperidine rings is 1. The topological polar surface area (TPSA) is 49.5 Å². The zero-order valence-corrected chi connectivity index (χ0v) is 16.8. The Morgan fingerprint density at radius 1 is 0.828 bits per heavy atom. The normalized spacial score (nSPS) is 19.0. The Balaban J connectivity index is 1.70. The van der Waals surface area contributed by atoms with Gasteiger partial charge in [0.1, 0.15) is 0 Å². The molecular formula is C26H30N2O. The molecule has 0 aliphatic carbocycles. The molecule has 3 N–H and O–H groups in total. The lowest BCUT2D eigenvalue weighted by Crippen LogP contribution is -2.59. The van der Waals surface area contributed by atoms with Crippen LogP contribution in [0.5, 0.6) is 0 Å². The average molecular weight is 387 g/mol. The summed E-state index contributed by atoms with van der Waals surface area (Å²) in [6.07, 6.45) is 2.79. The van der Waals surface area contributed by atoms with Gasteiger partial charge in [-0.05, 0) is 36.1 Å². The number of hydrogen-bond donors (Lipinski definition) is 2. The summed E-state index contributed by atoms with van der Waals surface area (Å²) < 4.78 is 0. The fourth-order valence-corrected chi connectivity index (χ4v) is 4.71. The van der Waals surface area contributed by atoms with Crippen LogP contribution in [0.25, 0.3) is 0 Å². The van der Waals surface area contributed by atoms with Crippen molar-refractivity contribution in [1.82, 2.24) is 4.90 Å². The summed E-state index contributed by atoms with van der Waals surface area (Å²) in [6.45, 7) is 1.54. The summed E-state index contributed by atoms with van der Waals surface area (Å²) in [5.41, 5.74) is 9.87. The summed E-state index contributed by atoms with van der Waals surface area (Å²) in [5.74, 6) is 0. The number of nitrogens with two attached hydrogens (primary N) is 1. The van der Waals surface area contributed by atoms with E-state index in [1.165, 1.54) is 0 Å². The van der Waals surface area contributed by atoms with E-state index in [-0.39, 0.29) is 6.04 Å². The van der Waals surface area contributed by atoms with Crippen molar-refractivity contribution in [2.75, 3.05) is 13.1 Å². The Morgan fingerprint density at radius 3 is 1.90 bits per heavy atom. The Morgan fingerprint density at radius 2 is 1.34 bits per heavy atom. The number of hydrogen-bond acceptors (Lipinski definition) is 3. The van der Waals surface area contributed by atoms with Crippen molar-refractivity contribution >= 4 is 0 Å². The van der Waals surface area contributed by atoms with Crippen LogP contribution >= 0.6 is 0 Å². The first-order valence-electron chi connectivity index (χ1n) is 10.6. The predicted octanol–water partition coefficient (Wildman–Crippen LogP) is 4.48. The van der Waals surface area contributed by atoms with Crippen molar-refractivity contribution in [3.63, 3.8) is 0 Å². The highest BCUT2D eigenvalue weighted by molar-refractivity contribution is 5.40. The zero-order valence-electron chi connectivity index (χ0n) is 16.8. The van der Waals surface area contributed by atoms with Gasteiger partial charge < -0.3 is 10.8 Å². The summed E-state index contributed by atoms with van der Waals surface area (Å²) in [7, 11) is 0. The maximum Gasteiger partial charge on any atom is 0.0917 e. The second-order valence-corrected chi connectivity index (χ2v) is 8.03. The minimum absolute atomic E-state index is 0.124. The Hall–Kier alpha value is -2.46. The van der Waals surface area contributed by atoms with E-state index in [0.717, 1.165) is 42.5 Å². The van der Waals surface area contributed by atoms with Gasteiger partial charge in [-0.2, -0.15) is 0 Å². The maximum absolute atomic E-state index is 10.9. The highest BCUT2D eigenvalue weighted by Crippen LogP contribution is 2.38. The van der Waals surface area contributed by atoms with E-state index in [0.29, 0.717) is 6.54 Å². The predicted molar refractivity (Wildman–Crippen MR) is 118 cm³/mol. The molecule has 3 aromatic rings. The highest BCUT2D eigenvalue weighted by Gasteiger charge is 2.43. The summed E-state index contributed by atoms with van der Waals surface area (Å²) in [5, 5.41) is 10.9. The quantitative estimate of drug-likeness (QED) is 0.657. The van der Waals surface area contributed by atoms with Crippen LogP contribution in [0, 0.1) is 0 Å². The van der Waals surface area contributed by atoms with E-state index in [4.69, 9.17) is 5.73 Å². The molecule has 1 saturated heterocycles. The maximum atomic E-state index is 10.9. The second-order valence-electron chi connectivity index (χ2n) is 8.03. The summed E-state index contributed by atoms with van der Waals surface area (Å²) in [6, 6.07) is 30.9. The van der Waals surface area contributed by atoms with E-state index in [2.05, 4.69) is 53.4 Å².